The predicted molar refractivity (Wildman–Crippen MR) is 99.9 cm³/mol. The molecule has 8 heteroatoms. The number of rotatable bonds is 4. The second kappa shape index (κ2) is 8.33. The predicted octanol–water partition coefficient (Wildman–Crippen LogP) is 2.02. The van der Waals surface area contributed by atoms with Crippen molar-refractivity contribution in [2.45, 2.75) is 25.8 Å². The number of amides is 1. The number of carbonyl (C=O) groups excluding carboxylic acids is 2. The van der Waals surface area contributed by atoms with Gasteiger partial charge in [0.05, 0.1) is 18.7 Å². The number of hydrogen-bond donors (Lipinski definition) is 0. The van der Waals surface area contributed by atoms with E-state index in [1.807, 2.05) is 0 Å². The molecule has 148 valence electrons. The summed E-state index contributed by atoms with van der Waals surface area (Å²) in [6, 6.07) is 7.86. The Hall–Kier alpha value is -3.03. The van der Waals surface area contributed by atoms with Crippen LogP contribution in [0.1, 0.15) is 25.8 Å². The van der Waals surface area contributed by atoms with E-state index in [0.717, 1.165) is 4.68 Å². The van der Waals surface area contributed by atoms with Crippen molar-refractivity contribution in [2.75, 3.05) is 20.2 Å². The second-order valence-electron chi connectivity index (χ2n) is 6.81. The summed E-state index contributed by atoms with van der Waals surface area (Å²) in [5.74, 6) is -1.05. The zero-order chi connectivity index (χ0) is 20.3. The Morgan fingerprint density at radius 3 is 2.39 bits per heavy atom. The van der Waals surface area contributed by atoms with Crippen molar-refractivity contribution in [2.24, 2.45) is 5.92 Å². The van der Waals surface area contributed by atoms with E-state index in [9.17, 15) is 18.8 Å². The number of carbonyl (C=O) groups is 2. The Kier molecular flexibility index (Phi) is 5.87. The van der Waals surface area contributed by atoms with Gasteiger partial charge in [-0.15, -0.1) is 0 Å². The van der Waals surface area contributed by atoms with Crippen LogP contribution in [0, 0.1) is 11.7 Å². The number of hydrogen-bond acceptors (Lipinski definition) is 5. The van der Waals surface area contributed by atoms with E-state index in [-0.39, 0.29) is 23.6 Å². The van der Waals surface area contributed by atoms with Crippen LogP contribution in [-0.2, 0) is 14.3 Å². The van der Waals surface area contributed by atoms with Crippen LogP contribution < -0.4 is 5.56 Å². The summed E-state index contributed by atoms with van der Waals surface area (Å²) in [4.78, 5) is 38.4. The van der Waals surface area contributed by atoms with Gasteiger partial charge in [0.25, 0.3) is 5.56 Å². The van der Waals surface area contributed by atoms with E-state index in [1.54, 1.807) is 30.0 Å². The molecule has 7 nitrogen and oxygen atoms in total. The normalized spacial score (nSPS) is 15.9. The molecule has 0 N–H and O–H groups in total. The molecule has 28 heavy (non-hydrogen) atoms. The summed E-state index contributed by atoms with van der Waals surface area (Å²) in [5.41, 5.74) is 0.730. The van der Waals surface area contributed by atoms with Gasteiger partial charge in [0.1, 0.15) is 11.9 Å². The molecule has 1 unspecified atom stereocenters. The van der Waals surface area contributed by atoms with Crippen molar-refractivity contribution >= 4 is 11.9 Å². The monoisotopic (exact) mass is 387 g/mol. The fourth-order valence-electron chi connectivity index (χ4n) is 3.35. The first kappa shape index (κ1) is 19.7. The molecule has 1 aromatic carbocycles. The summed E-state index contributed by atoms with van der Waals surface area (Å²) >= 11 is 0. The summed E-state index contributed by atoms with van der Waals surface area (Å²) < 4.78 is 19.0. The molecular formula is C20H22FN3O4. The van der Waals surface area contributed by atoms with Gasteiger partial charge in [0, 0.05) is 24.7 Å². The molecule has 3 rings (SSSR count). The van der Waals surface area contributed by atoms with Crippen molar-refractivity contribution in [1.82, 2.24) is 14.7 Å². The number of likely N-dealkylation sites (tertiary alicyclic amines) is 1. The van der Waals surface area contributed by atoms with Crippen molar-refractivity contribution in [1.29, 1.82) is 0 Å². The average Bonchev–Trinajstić information content (AvgIpc) is 2.73. The van der Waals surface area contributed by atoms with Gasteiger partial charge < -0.3 is 9.64 Å². The molecule has 0 bridgehead atoms. The average molecular weight is 387 g/mol. The minimum atomic E-state index is -0.789. The Morgan fingerprint density at radius 2 is 1.79 bits per heavy atom. The number of benzene rings is 1. The highest BCUT2D eigenvalue weighted by Crippen LogP contribution is 2.21. The highest BCUT2D eigenvalue weighted by Gasteiger charge is 2.31. The Bertz CT molecular complexity index is 918. The van der Waals surface area contributed by atoms with Gasteiger partial charge in [-0.3, -0.25) is 14.4 Å². The summed E-state index contributed by atoms with van der Waals surface area (Å²) in [6.07, 6.45) is 1.06. The zero-order valence-corrected chi connectivity index (χ0v) is 15.8. The maximum Gasteiger partial charge on any atom is 0.308 e. The number of halogens is 1. The molecule has 0 aliphatic carbocycles. The quantitative estimate of drug-likeness (QED) is 0.750. The van der Waals surface area contributed by atoms with Crippen LogP contribution in [0.15, 0.2) is 41.2 Å². The van der Waals surface area contributed by atoms with Crippen LogP contribution in [0.2, 0.25) is 0 Å². The van der Waals surface area contributed by atoms with Crippen LogP contribution in [0.3, 0.4) is 0 Å². The smallest absolute Gasteiger partial charge is 0.308 e. The van der Waals surface area contributed by atoms with Crippen LogP contribution in [0.25, 0.3) is 11.3 Å². The number of esters is 1. The molecular weight excluding hydrogens is 365 g/mol. The largest absolute Gasteiger partial charge is 0.469 e. The van der Waals surface area contributed by atoms with Gasteiger partial charge in [-0.05, 0) is 50.1 Å². The third kappa shape index (κ3) is 4.11. The summed E-state index contributed by atoms with van der Waals surface area (Å²) in [6.45, 7) is 2.47. The first-order valence-corrected chi connectivity index (χ1v) is 9.13. The number of piperidine rings is 1. The van der Waals surface area contributed by atoms with Gasteiger partial charge in [0.2, 0.25) is 5.91 Å². The van der Waals surface area contributed by atoms with E-state index in [4.69, 9.17) is 4.74 Å². The molecule has 1 aliphatic heterocycles. The van der Waals surface area contributed by atoms with Crippen molar-refractivity contribution in [3.05, 3.63) is 52.6 Å². The third-order valence-corrected chi connectivity index (χ3v) is 5.03. The first-order valence-electron chi connectivity index (χ1n) is 9.13. The lowest BCUT2D eigenvalue weighted by Gasteiger charge is -2.32. The van der Waals surface area contributed by atoms with Crippen LogP contribution in [0.5, 0.6) is 0 Å². The first-order chi connectivity index (χ1) is 13.4. The molecule has 1 fully saturated rings. The topological polar surface area (TPSA) is 81.5 Å². The third-order valence-electron chi connectivity index (χ3n) is 5.03. The lowest BCUT2D eigenvalue weighted by Crippen LogP contribution is -2.45. The van der Waals surface area contributed by atoms with Gasteiger partial charge in [-0.25, -0.2) is 9.07 Å². The molecule has 1 aromatic heterocycles. The second-order valence-corrected chi connectivity index (χ2v) is 6.81. The minimum absolute atomic E-state index is 0.202. The van der Waals surface area contributed by atoms with Crippen molar-refractivity contribution in [3.8, 4) is 11.3 Å². The Balaban J connectivity index is 1.76. The standard InChI is InChI=1S/C20H22FN3O4/c1-13(19(26)23-11-9-15(10-12-23)20(27)28-2)24-18(25)8-7-17(22-24)14-3-5-16(21)6-4-14/h3-8,13,15H,9-12H2,1-2H3. The highest BCUT2D eigenvalue weighted by atomic mass is 19.1. The highest BCUT2D eigenvalue weighted by molar-refractivity contribution is 5.80. The summed E-state index contributed by atoms with van der Waals surface area (Å²) in [7, 11) is 1.36. The van der Waals surface area contributed by atoms with Gasteiger partial charge in [0.15, 0.2) is 0 Å². The molecule has 1 aliphatic rings. The number of methoxy groups -OCH3 is 1. The molecule has 0 spiro atoms. The van der Waals surface area contributed by atoms with Gasteiger partial charge in [-0.1, -0.05) is 0 Å². The van der Waals surface area contributed by atoms with Gasteiger partial charge >= 0.3 is 5.97 Å². The number of ether oxygens (including phenoxy) is 1. The van der Waals surface area contributed by atoms with E-state index < -0.39 is 11.6 Å². The van der Waals surface area contributed by atoms with Crippen LogP contribution in [0.4, 0.5) is 4.39 Å². The Morgan fingerprint density at radius 1 is 1.14 bits per heavy atom. The SMILES string of the molecule is COC(=O)C1CCN(C(=O)C(C)n2nc(-c3ccc(F)cc3)ccc2=O)CC1. The van der Waals surface area contributed by atoms with E-state index in [2.05, 4.69) is 5.10 Å². The number of nitrogens with zero attached hydrogens (tertiary/aromatic N) is 3. The minimum Gasteiger partial charge on any atom is -0.469 e. The Labute approximate surface area is 161 Å². The van der Waals surface area contributed by atoms with E-state index >= 15 is 0 Å². The van der Waals surface area contributed by atoms with Crippen LogP contribution in [-0.4, -0.2) is 46.8 Å². The molecule has 2 aromatic rings. The van der Waals surface area contributed by atoms with Crippen LogP contribution >= 0.6 is 0 Å². The maximum absolute atomic E-state index is 13.1. The fourth-order valence-corrected chi connectivity index (χ4v) is 3.35. The van der Waals surface area contributed by atoms with E-state index in [0.29, 0.717) is 37.2 Å². The lowest BCUT2D eigenvalue weighted by atomic mass is 9.96. The summed E-state index contributed by atoms with van der Waals surface area (Å²) in [5, 5.41) is 4.30. The molecule has 1 amide bonds. The van der Waals surface area contributed by atoms with E-state index in [1.165, 1.54) is 25.3 Å². The van der Waals surface area contributed by atoms with Crippen molar-refractivity contribution < 1.29 is 18.7 Å². The molecule has 0 radical (unpaired) electrons. The molecule has 2 heterocycles. The maximum atomic E-state index is 13.1. The molecule has 0 saturated carbocycles. The zero-order valence-electron chi connectivity index (χ0n) is 15.8. The lowest BCUT2D eigenvalue weighted by molar-refractivity contribution is -0.149. The fraction of sp³-hybridized carbons (Fsp3) is 0.400. The molecule has 1 saturated heterocycles. The molecule has 1 atom stereocenters. The number of aromatic nitrogens is 2. The van der Waals surface area contributed by atoms with Crippen molar-refractivity contribution in [3.63, 3.8) is 0 Å². The van der Waals surface area contributed by atoms with Gasteiger partial charge in [-0.2, -0.15) is 5.10 Å².